The number of benzene rings is 1. The van der Waals surface area contributed by atoms with E-state index in [-0.39, 0.29) is 0 Å². The van der Waals surface area contributed by atoms with Crippen LogP contribution in [-0.2, 0) is 6.42 Å². The lowest BCUT2D eigenvalue weighted by Crippen LogP contribution is -2.25. The number of ether oxygens (including phenoxy) is 2. The Morgan fingerprint density at radius 1 is 1.00 bits per heavy atom. The van der Waals surface area contributed by atoms with E-state index in [1.807, 2.05) is 39.0 Å². The highest BCUT2D eigenvalue weighted by atomic mass is 16.5. The van der Waals surface area contributed by atoms with Gasteiger partial charge in [-0.3, -0.25) is 0 Å². The summed E-state index contributed by atoms with van der Waals surface area (Å²) in [6, 6.07) is 5.72. The van der Waals surface area contributed by atoms with Gasteiger partial charge < -0.3 is 19.7 Å². The monoisotopic (exact) mass is 282 g/mol. The fourth-order valence-electron chi connectivity index (χ4n) is 2.07. The van der Waals surface area contributed by atoms with Crippen molar-refractivity contribution in [2.45, 2.75) is 52.2 Å². The van der Waals surface area contributed by atoms with Crippen molar-refractivity contribution >= 4 is 0 Å². The molecule has 2 N–H and O–H groups in total. The second-order valence-corrected chi connectivity index (χ2v) is 4.72. The third-order valence-electron chi connectivity index (χ3n) is 3.21. The number of rotatable bonds is 9. The summed E-state index contributed by atoms with van der Waals surface area (Å²) in [6.45, 7) is 6.95. The van der Waals surface area contributed by atoms with Crippen molar-refractivity contribution in [2.75, 3.05) is 13.2 Å². The first-order chi connectivity index (χ1) is 9.62. The molecule has 0 aliphatic carbocycles. The first-order valence-electron chi connectivity index (χ1n) is 7.36. The van der Waals surface area contributed by atoms with Crippen LogP contribution in [0.2, 0.25) is 0 Å². The zero-order chi connectivity index (χ0) is 15.0. The normalized spacial score (nSPS) is 13.8. The lowest BCUT2D eigenvalue weighted by Gasteiger charge is -2.17. The Morgan fingerprint density at radius 2 is 1.70 bits per heavy atom. The minimum absolute atomic E-state index is 0.505. The summed E-state index contributed by atoms with van der Waals surface area (Å²) in [5, 5.41) is 19.5. The molecule has 0 heterocycles. The van der Waals surface area contributed by atoms with E-state index in [0.29, 0.717) is 32.5 Å². The summed E-state index contributed by atoms with van der Waals surface area (Å²) < 4.78 is 11.1. The van der Waals surface area contributed by atoms with Gasteiger partial charge in [0.2, 0.25) is 0 Å². The predicted molar refractivity (Wildman–Crippen MR) is 79.4 cm³/mol. The van der Waals surface area contributed by atoms with Gasteiger partial charge in [-0.2, -0.15) is 0 Å². The lowest BCUT2D eigenvalue weighted by atomic mass is 10.0. The Balaban J connectivity index is 2.76. The van der Waals surface area contributed by atoms with E-state index in [1.165, 1.54) is 0 Å². The number of aryl methyl sites for hydroxylation is 1. The Morgan fingerprint density at radius 3 is 2.30 bits per heavy atom. The second-order valence-electron chi connectivity index (χ2n) is 4.72. The average molecular weight is 282 g/mol. The van der Waals surface area contributed by atoms with Crippen LogP contribution in [0.3, 0.4) is 0 Å². The van der Waals surface area contributed by atoms with Crippen molar-refractivity contribution in [3.8, 4) is 11.5 Å². The van der Waals surface area contributed by atoms with Crippen LogP contribution in [-0.4, -0.2) is 35.6 Å². The Hall–Kier alpha value is -1.26. The van der Waals surface area contributed by atoms with E-state index < -0.39 is 12.2 Å². The molecule has 114 valence electrons. The third kappa shape index (κ3) is 5.02. The quantitative estimate of drug-likeness (QED) is 0.731. The maximum absolute atomic E-state index is 9.85. The summed E-state index contributed by atoms with van der Waals surface area (Å²) in [5.74, 6) is 1.62. The molecule has 0 aliphatic rings. The fraction of sp³-hybridized carbons (Fsp3) is 0.625. The molecule has 0 amide bonds. The molecule has 4 nitrogen and oxygen atoms in total. The molecule has 0 bridgehead atoms. The molecular formula is C16H26O4. The summed E-state index contributed by atoms with van der Waals surface area (Å²) in [7, 11) is 0. The van der Waals surface area contributed by atoms with Crippen LogP contribution in [0.4, 0.5) is 0 Å². The molecule has 0 aromatic heterocycles. The topological polar surface area (TPSA) is 58.9 Å². The van der Waals surface area contributed by atoms with E-state index in [1.54, 1.807) is 0 Å². The van der Waals surface area contributed by atoms with Crippen molar-refractivity contribution in [2.24, 2.45) is 0 Å². The molecule has 2 unspecified atom stereocenters. The van der Waals surface area contributed by atoms with Gasteiger partial charge >= 0.3 is 0 Å². The molecule has 0 saturated carbocycles. The average Bonchev–Trinajstić information content (AvgIpc) is 2.46. The second kappa shape index (κ2) is 8.82. The van der Waals surface area contributed by atoms with Crippen LogP contribution in [0.5, 0.6) is 11.5 Å². The maximum atomic E-state index is 9.85. The molecule has 0 aliphatic heterocycles. The molecule has 1 aromatic carbocycles. The van der Waals surface area contributed by atoms with Gasteiger partial charge in [-0.05, 0) is 56.9 Å². The van der Waals surface area contributed by atoms with Gasteiger partial charge in [0.1, 0.15) is 11.5 Å². The Labute approximate surface area is 121 Å². The fourth-order valence-corrected chi connectivity index (χ4v) is 2.07. The highest BCUT2D eigenvalue weighted by molar-refractivity contribution is 5.40. The van der Waals surface area contributed by atoms with Crippen molar-refractivity contribution in [3.63, 3.8) is 0 Å². The summed E-state index contributed by atoms with van der Waals surface area (Å²) in [4.78, 5) is 0. The third-order valence-corrected chi connectivity index (χ3v) is 3.21. The number of aliphatic hydroxyl groups excluding tert-OH is 2. The molecule has 4 heteroatoms. The van der Waals surface area contributed by atoms with Gasteiger partial charge in [0.15, 0.2) is 0 Å². The van der Waals surface area contributed by atoms with Gasteiger partial charge in [0, 0.05) is 0 Å². The Bertz CT molecular complexity index is 392. The van der Waals surface area contributed by atoms with E-state index in [9.17, 15) is 10.2 Å². The molecular weight excluding hydrogens is 256 g/mol. The first-order valence-corrected chi connectivity index (χ1v) is 7.36. The van der Waals surface area contributed by atoms with Crippen molar-refractivity contribution in [1.82, 2.24) is 0 Å². The van der Waals surface area contributed by atoms with Gasteiger partial charge in [-0.25, -0.2) is 0 Å². The van der Waals surface area contributed by atoms with Crippen LogP contribution in [0, 0.1) is 0 Å². The van der Waals surface area contributed by atoms with E-state index >= 15 is 0 Å². The molecule has 0 radical (unpaired) electrons. The minimum atomic E-state index is -0.703. The zero-order valence-electron chi connectivity index (χ0n) is 12.6. The summed E-state index contributed by atoms with van der Waals surface area (Å²) in [5.41, 5.74) is 1.00. The first kappa shape index (κ1) is 16.8. The standard InChI is InChI=1S/C16H26O4/c1-4-14(17)15(18)9-7-12-11-13(19-5-2)8-10-16(12)20-6-3/h8,10-11,14-15,17-18H,4-7,9H2,1-3H3. The highest BCUT2D eigenvalue weighted by Crippen LogP contribution is 2.26. The predicted octanol–water partition coefficient (Wildman–Crippen LogP) is 2.55. The molecule has 1 aromatic rings. The van der Waals surface area contributed by atoms with Crippen LogP contribution in [0.1, 0.15) is 39.2 Å². The van der Waals surface area contributed by atoms with Crippen LogP contribution >= 0.6 is 0 Å². The van der Waals surface area contributed by atoms with E-state index in [4.69, 9.17) is 9.47 Å². The maximum Gasteiger partial charge on any atom is 0.122 e. The number of hydrogen-bond donors (Lipinski definition) is 2. The van der Waals surface area contributed by atoms with Gasteiger partial charge in [-0.15, -0.1) is 0 Å². The molecule has 2 atom stereocenters. The van der Waals surface area contributed by atoms with Gasteiger partial charge in [-0.1, -0.05) is 6.92 Å². The smallest absolute Gasteiger partial charge is 0.122 e. The molecule has 0 fully saturated rings. The van der Waals surface area contributed by atoms with Crippen LogP contribution < -0.4 is 9.47 Å². The van der Waals surface area contributed by atoms with Crippen molar-refractivity contribution in [1.29, 1.82) is 0 Å². The minimum Gasteiger partial charge on any atom is -0.494 e. The van der Waals surface area contributed by atoms with Crippen LogP contribution in [0.25, 0.3) is 0 Å². The largest absolute Gasteiger partial charge is 0.494 e. The van der Waals surface area contributed by atoms with Crippen molar-refractivity contribution in [3.05, 3.63) is 23.8 Å². The molecule has 1 rings (SSSR count). The van der Waals surface area contributed by atoms with Gasteiger partial charge in [0.25, 0.3) is 0 Å². The van der Waals surface area contributed by atoms with Crippen molar-refractivity contribution < 1.29 is 19.7 Å². The van der Waals surface area contributed by atoms with Gasteiger partial charge in [0.05, 0.1) is 25.4 Å². The lowest BCUT2D eigenvalue weighted by molar-refractivity contribution is 0.0129. The number of aliphatic hydroxyl groups is 2. The van der Waals surface area contributed by atoms with E-state index in [2.05, 4.69) is 0 Å². The number of hydrogen-bond acceptors (Lipinski definition) is 4. The summed E-state index contributed by atoms with van der Waals surface area (Å²) >= 11 is 0. The molecule has 0 spiro atoms. The Kier molecular flexibility index (Phi) is 7.41. The SMILES string of the molecule is CCOc1ccc(OCC)c(CCC(O)C(O)CC)c1. The van der Waals surface area contributed by atoms with Crippen LogP contribution in [0.15, 0.2) is 18.2 Å². The summed E-state index contributed by atoms with van der Waals surface area (Å²) in [6.07, 6.45) is 0.336. The molecule has 20 heavy (non-hydrogen) atoms. The molecule has 0 saturated heterocycles. The highest BCUT2D eigenvalue weighted by Gasteiger charge is 2.15. The van der Waals surface area contributed by atoms with E-state index in [0.717, 1.165) is 17.1 Å². The zero-order valence-corrected chi connectivity index (χ0v) is 12.6.